The molecule has 2 aliphatic heterocycles. The Morgan fingerprint density at radius 1 is 0.936 bits per heavy atom. The van der Waals surface area contributed by atoms with Gasteiger partial charge in [0.2, 0.25) is 0 Å². The van der Waals surface area contributed by atoms with Crippen molar-refractivity contribution in [1.29, 1.82) is 0 Å². The number of nitrogens with one attached hydrogen (secondary N) is 1. The summed E-state index contributed by atoms with van der Waals surface area (Å²) in [4.78, 5) is 49.9. The number of amides is 2. The lowest BCUT2D eigenvalue weighted by atomic mass is 9.93. The maximum Gasteiger partial charge on any atom is 0.271 e. The van der Waals surface area contributed by atoms with Gasteiger partial charge in [0.1, 0.15) is 4.53 Å². The molecule has 1 aromatic heterocycles. The van der Waals surface area contributed by atoms with E-state index in [1.165, 1.54) is 11.3 Å². The topological polar surface area (TPSA) is 83.8 Å². The SMILES string of the molecule is CC1=C(C(=O)Nc2ccccc2)[C@H](c2ccc(C(C)C)cc2)n2c(s/c(=C3\C(=O)N(Cc4ccccc4)c4ccc(Br)cc43)c2=O)=N1. The Labute approximate surface area is 284 Å². The van der Waals surface area contributed by atoms with E-state index in [1.807, 2.05) is 103 Å². The van der Waals surface area contributed by atoms with Gasteiger partial charge in [-0.05, 0) is 59.9 Å². The molecule has 0 saturated carbocycles. The molecule has 0 spiro atoms. The van der Waals surface area contributed by atoms with Crippen LogP contribution in [0.1, 0.15) is 55.0 Å². The lowest BCUT2D eigenvalue weighted by Gasteiger charge is -2.25. The first-order valence-electron chi connectivity index (χ1n) is 15.4. The molecule has 0 fully saturated rings. The average Bonchev–Trinajstić information content (AvgIpc) is 3.52. The fraction of sp³-hybridized carbons (Fsp3) is 0.158. The second-order valence-electron chi connectivity index (χ2n) is 12.0. The van der Waals surface area contributed by atoms with Crippen molar-refractivity contribution < 1.29 is 9.59 Å². The summed E-state index contributed by atoms with van der Waals surface area (Å²) >= 11 is 4.76. The molecule has 7 rings (SSSR count). The summed E-state index contributed by atoms with van der Waals surface area (Å²) < 4.78 is 2.68. The average molecular weight is 704 g/mol. The number of carbonyl (C=O) groups excluding carboxylic acids is 2. The smallest absolute Gasteiger partial charge is 0.271 e. The minimum absolute atomic E-state index is 0.247. The Balaban J connectivity index is 1.42. The van der Waals surface area contributed by atoms with Gasteiger partial charge in [-0.15, -0.1) is 0 Å². The summed E-state index contributed by atoms with van der Waals surface area (Å²) in [6, 6.07) is 32.0. The molecule has 1 N–H and O–H groups in total. The van der Waals surface area contributed by atoms with Gasteiger partial charge in [0.15, 0.2) is 4.80 Å². The highest BCUT2D eigenvalue weighted by atomic mass is 79.9. The molecular weight excluding hydrogens is 672 g/mol. The molecule has 7 nitrogen and oxygen atoms in total. The molecule has 0 saturated heterocycles. The van der Waals surface area contributed by atoms with Crippen LogP contribution in [0.25, 0.3) is 5.57 Å². The quantitative estimate of drug-likeness (QED) is 0.214. The van der Waals surface area contributed by atoms with Gasteiger partial charge in [0.25, 0.3) is 17.4 Å². The number of hydrogen-bond acceptors (Lipinski definition) is 5. The fourth-order valence-corrected chi connectivity index (χ4v) is 7.70. The van der Waals surface area contributed by atoms with Crippen LogP contribution in [0.4, 0.5) is 11.4 Å². The maximum absolute atomic E-state index is 14.7. The minimum Gasteiger partial charge on any atom is -0.322 e. The van der Waals surface area contributed by atoms with Crippen molar-refractivity contribution in [3.05, 3.63) is 161 Å². The van der Waals surface area contributed by atoms with Crippen LogP contribution < -0.4 is 25.1 Å². The van der Waals surface area contributed by atoms with Gasteiger partial charge in [-0.3, -0.25) is 19.0 Å². The van der Waals surface area contributed by atoms with E-state index in [2.05, 4.69) is 35.1 Å². The first-order valence-corrected chi connectivity index (χ1v) is 17.0. The highest BCUT2D eigenvalue weighted by Crippen LogP contribution is 2.38. The van der Waals surface area contributed by atoms with Gasteiger partial charge in [0.05, 0.1) is 35.1 Å². The number of rotatable bonds is 6. The van der Waals surface area contributed by atoms with Crippen molar-refractivity contribution in [3.63, 3.8) is 0 Å². The van der Waals surface area contributed by atoms with Gasteiger partial charge in [-0.1, -0.05) is 114 Å². The molecule has 4 aromatic carbocycles. The molecule has 0 unspecified atom stereocenters. The molecule has 2 amide bonds. The number of halogens is 1. The Hall–Kier alpha value is -4.86. The summed E-state index contributed by atoms with van der Waals surface area (Å²) in [7, 11) is 0. The highest BCUT2D eigenvalue weighted by molar-refractivity contribution is 9.10. The Bertz CT molecular complexity index is 2260. The van der Waals surface area contributed by atoms with Crippen molar-refractivity contribution in [1.82, 2.24) is 4.57 Å². The molecule has 3 heterocycles. The number of hydrogen-bond donors (Lipinski definition) is 1. The number of para-hydroxylation sites is 1. The first-order chi connectivity index (χ1) is 22.7. The summed E-state index contributed by atoms with van der Waals surface area (Å²) in [5, 5.41) is 3.00. The molecule has 0 bridgehead atoms. The molecular formula is C38H31BrN4O3S. The van der Waals surface area contributed by atoms with Crippen LogP contribution in [0.5, 0.6) is 0 Å². The third kappa shape index (κ3) is 5.59. The summed E-state index contributed by atoms with van der Waals surface area (Å²) in [5.74, 6) is -0.269. The standard InChI is InChI=1S/C38H31BrN4O3S/c1-22(2)25-14-16-26(17-15-25)33-31(35(44)41-28-12-8-5-9-13-28)23(3)40-38-43(33)37(46)34(47-38)32-29-20-27(39)18-19-30(29)42(36(32)45)21-24-10-6-4-7-11-24/h4-20,22,33H,21H2,1-3H3,(H,41,44)/b34-32-/t33-/m0/s1. The van der Waals surface area contributed by atoms with Crippen LogP contribution in [-0.2, 0) is 16.1 Å². The molecule has 9 heteroatoms. The number of allylic oxidation sites excluding steroid dienone is 1. The third-order valence-electron chi connectivity index (χ3n) is 8.58. The molecule has 47 heavy (non-hydrogen) atoms. The van der Waals surface area contributed by atoms with Crippen molar-refractivity contribution in [2.24, 2.45) is 4.99 Å². The van der Waals surface area contributed by atoms with E-state index in [4.69, 9.17) is 4.99 Å². The van der Waals surface area contributed by atoms with Crippen LogP contribution in [-0.4, -0.2) is 16.4 Å². The predicted octanol–water partition coefficient (Wildman–Crippen LogP) is 6.68. The normalized spacial score (nSPS) is 16.7. The molecule has 0 radical (unpaired) electrons. The third-order valence-corrected chi connectivity index (χ3v) is 10.1. The van der Waals surface area contributed by atoms with E-state index in [0.717, 1.165) is 26.9 Å². The second kappa shape index (κ2) is 12.4. The number of aromatic nitrogens is 1. The highest BCUT2D eigenvalue weighted by Gasteiger charge is 2.37. The number of nitrogens with zero attached hydrogens (tertiary/aromatic N) is 3. The molecule has 2 aliphatic rings. The van der Waals surface area contributed by atoms with E-state index in [0.29, 0.717) is 49.9 Å². The number of carbonyl (C=O) groups is 2. The zero-order valence-corrected chi connectivity index (χ0v) is 28.4. The number of thiazole rings is 1. The van der Waals surface area contributed by atoms with Crippen molar-refractivity contribution in [2.75, 3.05) is 10.2 Å². The minimum atomic E-state index is -0.746. The summed E-state index contributed by atoms with van der Waals surface area (Å²) in [5.41, 5.74) is 5.84. The Morgan fingerprint density at radius 3 is 2.30 bits per heavy atom. The lowest BCUT2D eigenvalue weighted by molar-refractivity contribution is -0.114. The number of benzene rings is 4. The van der Waals surface area contributed by atoms with Gasteiger partial charge in [-0.2, -0.15) is 0 Å². The van der Waals surface area contributed by atoms with Gasteiger partial charge in [0, 0.05) is 15.7 Å². The van der Waals surface area contributed by atoms with E-state index < -0.39 is 6.04 Å². The fourth-order valence-electron chi connectivity index (χ4n) is 6.21. The van der Waals surface area contributed by atoms with Gasteiger partial charge >= 0.3 is 0 Å². The van der Waals surface area contributed by atoms with E-state index in [1.54, 1.807) is 16.4 Å². The summed E-state index contributed by atoms with van der Waals surface area (Å²) in [6.45, 7) is 6.41. The van der Waals surface area contributed by atoms with Crippen LogP contribution in [0, 0.1) is 0 Å². The predicted molar refractivity (Wildman–Crippen MR) is 190 cm³/mol. The molecule has 1 atom stereocenters. The van der Waals surface area contributed by atoms with Crippen LogP contribution in [0.2, 0.25) is 0 Å². The first kappa shape index (κ1) is 30.8. The second-order valence-corrected chi connectivity index (χ2v) is 13.9. The van der Waals surface area contributed by atoms with Gasteiger partial charge in [-0.25, -0.2) is 4.99 Å². The Morgan fingerprint density at radius 2 is 1.62 bits per heavy atom. The summed E-state index contributed by atoms with van der Waals surface area (Å²) in [6.07, 6.45) is 0. The molecule has 0 aliphatic carbocycles. The van der Waals surface area contributed by atoms with Crippen LogP contribution in [0.15, 0.2) is 129 Å². The number of anilines is 2. The number of fused-ring (bicyclic) bond motifs is 2. The van der Waals surface area contributed by atoms with Crippen LogP contribution in [0.3, 0.4) is 0 Å². The van der Waals surface area contributed by atoms with Crippen LogP contribution >= 0.6 is 27.3 Å². The van der Waals surface area contributed by atoms with E-state index >= 15 is 0 Å². The zero-order chi connectivity index (χ0) is 32.8. The zero-order valence-electron chi connectivity index (χ0n) is 26.0. The van der Waals surface area contributed by atoms with Crippen molar-refractivity contribution >= 4 is 56.0 Å². The van der Waals surface area contributed by atoms with Gasteiger partial charge < -0.3 is 10.2 Å². The lowest BCUT2D eigenvalue weighted by Crippen LogP contribution is -2.41. The Kier molecular flexibility index (Phi) is 8.11. The van der Waals surface area contributed by atoms with Crippen molar-refractivity contribution in [3.8, 4) is 0 Å². The molecule has 234 valence electrons. The van der Waals surface area contributed by atoms with E-state index in [9.17, 15) is 14.4 Å². The largest absolute Gasteiger partial charge is 0.322 e. The van der Waals surface area contributed by atoms with Crippen molar-refractivity contribution in [2.45, 2.75) is 39.3 Å². The van der Waals surface area contributed by atoms with E-state index in [-0.39, 0.29) is 17.4 Å². The maximum atomic E-state index is 14.7. The molecule has 5 aromatic rings. The monoisotopic (exact) mass is 702 g/mol.